The number of nitrogens with zero attached hydrogens (tertiary/aromatic N) is 2. The molecule has 1 saturated heterocycles. The minimum atomic E-state index is -4.41. The van der Waals surface area contributed by atoms with Gasteiger partial charge in [0.1, 0.15) is 5.75 Å². The van der Waals surface area contributed by atoms with Crippen molar-refractivity contribution in [1.29, 1.82) is 0 Å². The summed E-state index contributed by atoms with van der Waals surface area (Å²) in [5.41, 5.74) is 3.23. The average Bonchev–Trinajstić information content (AvgIpc) is 2.84. The van der Waals surface area contributed by atoms with Crippen LogP contribution in [0, 0.1) is 13.8 Å². The fraction of sp³-hybridized carbons (Fsp3) is 0.552. The van der Waals surface area contributed by atoms with Crippen molar-refractivity contribution in [2.24, 2.45) is 0 Å². The summed E-state index contributed by atoms with van der Waals surface area (Å²) in [5.74, 6) is 0.684. The van der Waals surface area contributed by atoms with Crippen LogP contribution in [0.25, 0.3) is 0 Å². The molecule has 204 valence electrons. The summed E-state index contributed by atoms with van der Waals surface area (Å²) in [4.78, 5) is 16.9. The van der Waals surface area contributed by atoms with Gasteiger partial charge in [-0.15, -0.1) is 0 Å². The van der Waals surface area contributed by atoms with E-state index in [9.17, 15) is 18.0 Å². The Morgan fingerprint density at radius 1 is 0.973 bits per heavy atom. The Morgan fingerprint density at radius 2 is 1.59 bits per heavy atom. The van der Waals surface area contributed by atoms with E-state index in [0.717, 1.165) is 36.4 Å². The third-order valence-corrected chi connectivity index (χ3v) is 7.07. The molecule has 1 N–H and O–H groups in total. The average molecular weight is 520 g/mol. The number of rotatable bonds is 8. The van der Waals surface area contributed by atoms with E-state index in [0.29, 0.717) is 32.8 Å². The SMILES string of the molecule is Cc1c(OCCCNC(C)(C)C)ccc(C(C)N2CCN(C(=O)c3ccc(C(F)(F)F)cc3)CC2)c1C. The number of amides is 1. The number of piperazine rings is 1. The monoisotopic (exact) mass is 519 g/mol. The summed E-state index contributed by atoms with van der Waals surface area (Å²) < 4.78 is 44.5. The Bertz CT molecular complexity index is 1050. The maximum absolute atomic E-state index is 12.8. The van der Waals surface area contributed by atoms with Crippen LogP contribution in [0.1, 0.15) is 72.8 Å². The second-order valence-electron chi connectivity index (χ2n) is 10.9. The lowest BCUT2D eigenvalue weighted by Gasteiger charge is -2.39. The Labute approximate surface area is 219 Å². The van der Waals surface area contributed by atoms with Crippen LogP contribution in [0.5, 0.6) is 5.75 Å². The fourth-order valence-corrected chi connectivity index (χ4v) is 4.64. The quantitative estimate of drug-likeness (QED) is 0.435. The zero-order valence-corrected chi connectivity index (χ0v) is 22.8. The summed E-state index contributed by atoms with van der Waals surface area (Å²) in [7, 11) is 0. The summed E-state index contributed by atoms with van der Waals surface area (Å²) in [6.07, 6.45) is -3.48. The molecule has 1 heterocycles. The normalized spacial score (nSPS) is 16.1. The van der Waals surface area contributed by atoms with E-state index < -0.39 is 11.7 Å². The van der Waals surface area contributed by atoms with E-state index in [1.54, 1.807) is 4.90 Å². The molecular weight excluding hydrogens is 479 g/mol. The van der Waals surface area contributed by atoms with Crippen LogP contribution in [0.4, 0.5) is 13.2 Å². The van der Waals surface area contributed by atoms with Crippen molar-refractivity contribution in [1.82, 2.24) is 15.1 Å². The van der Waals surface area contributed by atoms with Crippen LogP contribution in [-0.2, 0) is 6.18 Å². The lowest BCUT2D eigenvalue weighted by atomic mass is 9.96. The molecule has 1 aliphatic rings. The Morgan fingerprint density at radius 3 is 2.16 bits per heavy atom. The first-order valence-corrected chi connectivity index (χ1v) is 13.0. The van der Waals surface area contributed by atoms with Gasteiger partial charge in [-0.1, -0.05) is 6.07 Å². The van der Waals surface area contributed by atoms with Crippen LogP contribution in [0.2, 0.25) is 0 Å². The van der Waals surface area contributed by atoms with Crippen molar-refractivity contribution < 1.29 is 22.7 Å². The topological polar surface area (TPSA) is 44.8 Å². The van der Waals surface area contributed by atoms with Crippen LogP contribution >= 0.6 is 0 Å². The first-order valence-electron chi connectivity index (χ1n) is 13.0. The predicted molar refractivity (Wildman–Crippen MR) is 141 cm³/mol. The molecule has 8 heteroatoms. The van der Waals surface area contributed by atoms with Gasteiger partial charge >= 0.3 is 6.18 Å². The van der Waals surface area contributed by atoms with Gasteiger partial charge in [0.15, 0.2) is 0 Å². The molecule has 0 aliphatic carbocycles. The first kappa shape index (κ1) is 29.0. The van der Waals surface area contributed by atoms with Crippen molar-refractivity contribution in [2.45, 2.75) is 65.7 Å². The first-order chi connectivity index (χ1) is 17.3. The van der Waals surface area contributed by atoms with Crippen LogP contribution in [0.3, 0.4) is 0 Å². The highest BCUT2D eigenvalue weighted by Gasteiger charge is 2.31. The number of carbonyl (C=O) groups excluding carboxylic acids is 1. The summed E-state index contributed by atoms with van der Waals surface area (Å²) in [5, 5.41) is 3.47. The number of carbonyl (C=O) groups is 1. The van der Waals surface area contributed by atoms with Crippen LogP contribution in [0.15, 0.2) is 36.4 Å². The van der Waals surface area contributed by atoms with E-state index in [4.69, 9.17) is 4.74 Å². The van der Waals surface area contributed by atoms with Crippen LogP contribution < -0.4 is 10.1 Å². The maximum atomic E-state index is 12.8. The van der Waals surface area contributed by atoms with Gasteiger partial charge in [0.25, 0.3) is 5.91 Å². The van der Waals surface area contributed by atoms with Crippen molar-refractivity contribution >= 4 is 5.91 Å². The zero-order chi connectivity index (χ0) is 27.4. The van der Waals surface area contributed by atoms with Gasteiger partial charge in [-0.2, -0.15) is 13.2 Å². The molecule has 1 aliphatic heterocycles. The van der Waals surface area contributed by atoms with E-state index in [2.05, 4.69) is 63.9 Å². The summed E-state index contributed by atoms with van der Waals surface area (Å²) >= 11 is 0. The van der Waals surface area contributed by atoms with Crippen molar-refractivity contribution in [3.05, 3.63) is 64.2 Å². The second-order valence-corrected chi connectivity index (χ2v) is 10.9. The molecule has 2 aromatic carbocycles. The standard InChI is InChI=1S/C29H40F3N3O2/c1-20-21(2)26(37-19-7-14-33-28(4,5)6)13-12-25(20)22(3)34-15-17-35(18-16-34)27(36)23-8-10-24(11-9-23)29(30,31)32/h8-13,22,33H,7,14-19H2,1-6H3. The number of hydrogen-bond donors (Lipinski definition) is 1. The smallest absolute Gasteiger partial charge is 0.416 e. The molecule has 1 fully saturated rings. The fourth-order valence-electron chi connectivity index (χ4n) is 4.64. The van der Waals surface area contributed by atoms with Gasteiger partial charge in [-0.25, -0.2) is 0 Å². The van der Waals surface area contributed by atoms with Gasteiger partial charge in [0, 0.05) is 43.3 Å². The maximum Gasteiger partial charge on any atom is 0.416 e. The summed E-state index contributed by atoms with van der Waals surface area (Å²) in [6, 6.07) is 8.81. The third kappa shape index (κ3) is 7.71. The highest BCUT2D eigenvalue weighted by molar-refractivity contribution is 5.94. The van der Waals surface area contributed by atoms with E-state index in [-0.39, 0.29) is 23.1 Å². The minimum Gasteiger partial charge on any atom is -0.493 e. The highest BCUT2D eigenvalue weighted by atomic mass is 19.4. The number of benzene rings is 2. The zero-order valence-electron chi connectivity index (χ0n) is 22.8. The number of nitrogens with one attached hydrogen (secondary N) is 1. The highest BCUT2D eigenvalue weighted by Crippen LogP contribution is 2.32. The van der Waals surface area contributed by atoms with E-state index in [1.807, 2.05) is 0 Å². The number of alkyl halides is 3. The van der Waals surface area contributed by atoms with Gasteiger partial charge in [-0.3, -0.25) is 9.69 Å². The molecule has 0 spiro atoms. The molecule has 5 nitrogen and oxygen atoms in total. The molecule has 1 unspecified atom stereocenters. The van der Waals surface area contributed by atoms with Crippen molar-refractivity contribution in [2.75, 3.05) is 39.3 Å². The predicted octanol–water partition coefficient (Wildman–Crippen LogP) is 6.00. The van der Waals surface area contributed by atoms with Gasteiger partial charge in [0.2, 0.25) is 0 Å². The van der Waals surface area contributed by atoms with E-state index in [1.165, 1.54) is 23.3 Å². The van der Waals surface area contributed by atoms with E-state index >= 15 is 0 Å². The lowest BCUT2D eigenvalue weighted by molar-refractivity contribution is -0.137. The third-order valence-electron chi connectivity index (χ3n) is 7.07. The molecule has 1 atom stereocenters. The molecule has 37 heavy (non-hydrogen) atoms. The molecule has 2 aromatic rings. The van der Waals surface area contributed by atoms with Crippen LogP contribution in [-0.4, -0.2) is 60.6 Å². The molecule has 0 aromatic heterocycles. The number of hydrogen-bond acceptors (Lipinski definition) is 4. The Hall–Kier alpha value is -2.58. The van der Waals surface area contributed by atoms with Gasteiger partial charge in [0.05, 0.1) is 12.2 Å². The Balaban J connectivity index is 1.55. The Kier molecular flexibility index (Phi) is 9.29. The molecular formula is C29H40F3N3O2. The van der Waals surface area contributed by atoms with Gasteiger partial charge < -0.3 is 15.0 Å². The molecule has 0 bridgehead atoms. The number of ether oxygens (including phenoxy) is 1. The summed E-state index contributed by atoms with van der Waals surface area (Å²) in [6.45, 7) is 16.9. The minimum absolute atomic E-state index is 0.102. The molecule has 0 radical (unpaired) electrons. The largest absolute Gasteiger partial charge is 0.493 e. The molecule has 3 rings (SSSR count). The van der Waals surface area contributed by atoms with Gasteiger partial charge in [-0.05, 0) is 102 Å². The van der Waals surface area contributed by atoms with Crippen molar-refractivity contribution in [3.63, 3.8) is 0 Å². The van der Waals surface area contributed by atoms with Crippen molar-refractivity contribution in [3.8, 4) is 5.75 Å². The molecule has 0 saturated carbocycles. The lowest BCUT2D eigenvalue weighted by Crippen LogP contribution is -2.49. The second kappa shape index (κ2) is 11.9. The molecule has 1 amide bonds. The number of halogens is 3.